The molecular weight excluding hydrogens is 248 g/mol. The van der Waals surface area contributed by atoms with Crippen molar-refractivity contribution >= 4 is 15.9 Å². The molecule has 0 spiro atoms. The van der Waals surface area contributed by atoms with E-state index in [9.17, 15) is 0 Å². The summed E-state index contributed by atoms with van der Waals surface area (Å²) < 4.78 is 0. The van der Waals surface area contributed by atoms with Crippen LogP contribution in [-0.2, 0) is 0 Å². The Balaban J connectivity index is 3.13. The SMILES string of the molecule is CCCC/C=C/C=C/CCCCCCBr. The van der Waals surface area contributed by atoms with Gasteiger partial charge in [0.2, 0.25) is 0 Å². The van der Waals surface area contributed by atoms with E-state index in [1.807, 2.05) is 0 Å². The van der Waals surface area contributed by atoms with Gasteiger partial charge in [0.1, 0.15) is 0 Å². The summed E-state index contributed by atoms with van der Waals surface area (Å²) in [5.74, 6) is 0. The largest absolute Gasteiger partial charge is 0.0928 e. The van der Waals surface area contributed by atoms with E-state index in [1.165, 1.54) is 51.4 Å². The molecule has 0 heterocycles. The Kier molecular flexibility index (Phi) is 13.9. The lowest BCUT2D eigenvalue weighted by atomic mass is 10.1. The summed E-state index contributed by atoms with van der Waals surface area (Å²) in [5.41, 5.74) is 0. The molecule has 0 saturated heterocycles. The first-order valence-electron chi connectivity index (χ1n) is 6.29. The number of hydrogen-bond acceptors (Lipinski definition) is 0. The fraction of sp³-hybridized carbons (Fsp3) is 0.714. The van der Waals surface area contributed by atoms with Gasteiger partial charge in [-0.15, -0.1) is 0 Å². The third-order valence-electron chi connectivity index (χ3n) is 2.36. The van der Waals surface area contributed by atoms with Crippen LogP contribution in [0.2, 0.25) is 0 Å². The average molecular weight is 273 g/mol. The number of halogens is 1. The monoisotopic (exact) mass is 272 g/mol. The van der Waals surface area contributed by atoms with Crippen molar-refractivity contribution in [3.8, 4) is 0 Å². The van der Waals surface area contributed by atoms with Crippen molar-refractivity contribution in [2.75, 3.05) is 5.33 Å². The van der Waals surface area contributed by atoms with Crippen LogP contribution < -0.4 is 0 Å². The van der Waals surface area contributed by atoms with Crippen molar-refractivity contribution in [3.05, 3.63) is 24.3 Å². The maximum Gasteiger partial charge on any atom is 0.00313 e. The van der Waals surface area contributed by atoms with Gasteiger partial charge in [0.05, 0.1) is 0 Å². The zero-order valence-electron chi connectivity index (χ0n) is 10.1. The molecule has 0 bridgehead atoms. The van der Waals surface area contributed by atoms with Crippen molar-refractivity contribution in [3.63, 3.8) is 0 Å². The van der Waals surface area contributed by atoms with Gasteiger partial charge in [0, 0.05) is 5.33 Å². The molecule has 0 saturated carbocycles. The minimum Gasteiger partial charge on any atom is -0.0928 e. The number of allylic oxidation sites excluding steroid dienone is 4. The summed E-state index contributed by atoms with van der Waals surface area (Å²) >= 11 is 3.45. The van der Waals surface area contributed by atoms with Crippen LogP contribution in [0, 0.1) is 0 Å². The van der Waals surface area contributed by atoms with E-state index >= 15 is 0 Å². The van der Waals surface area contributed by atoms with Gasteiger partial charge in [-0.2, -0.15) is 0 Å². The molecule has 0 aromatic heterocycles. The topological polar surface area (TPSA) is 0 Å². The third-order valence-corrected chi connectivity index (χ3v) is 2.92. The zero-order valence-corrected chi connectivity index (χ0v) is 11.6. The van der Waals surface area contributed by atoms with Gasteiger partial charge in [0.15, 0.2) is 0 Å². The van der Waals surface area contributed by atoms with E-state index in [2.05, 4.69) is 47.2 Å². The van der Waals surface area contributed by atoms with Crippen LogP contribution in [0.25, 0.3) is 0 Å². The molecule has 0 aromatic rings. The number of alkyl halides is 1. The maximum absolute atomic E-state index is 3.45. The lowest BCUT2D eigenvalue weighted by Gasteiger charge is -1.94. The number of unbranched alkanes of at least 4 members (excludes halogenated alkanes) is 6. The molecule has 0 atom stereocenters. The van der Waals surface area contributed by atoms with E-state index in [-0.39, 0.29) is 0 Å². The Labute approximate surface area is 104 Å². The lowest BCUT2D eigenvalue weighted by molar-refractivity contribution is 0.679. The van der Waals surface area contributed by atoms with Gasteiger partial charge < -0.3 is 0 Å². The van der Waals surface area contributed by atoms with Crippen molar-refractivity contribution in [2.45, 2.75) is 58.3 Å². The van der Waals surface area contributed by atoms with Gasteiger partial charge in [-0.05, 0) is 25.7 Å². The summed E-state index contributed by atoms with van der Waals surface area (Å²) in [6.07, 6.45) is 19.4. The van der Waals surface area contributed by atoms with Gasteiger partial charge >= 0.3 is 0 Å². The van der Waals surface area contributed by atoms with Crippen LogP contribution in [0.4, 0.5) is 0 Å². The van der Waals surface area contributed by atoms with Crippen LogP contribution in [0.5, 0.6) is 0 Å². The molecule has 0 aliphatic rings. The molecule has 1 heteroatoms. The van der Waals surface area contributed by atoms with E-state index in [0.29, 0.717) is 0 Å². The fourth-order valence-corrected chi connectivity index (χ4v) is 1.78. The van der Waals surface area contributed by atoms with Gasteiger partial charge in [-0.25, -0.2) is 0 Å². The molecule has 15 heavy (non-hydrogen) atoms. The molecule has 0 rings (SSSR count). The Bertz CT molecular complexity index is 159. The Morgan fingerprint density at radius 2 is 1.40 bits per heavy atom. The molecule has 0 unspecified atom stereocenters. The van der Waals surface area contributed by atoms with Crippen molar-refractivity contribution in [1.82, 2.24) is 0 Å². The van der Waals surface area contributed by atoms with Crippen molar-refractivity contribution in [2.24, 2.45) is 0 Å². The molecule has 0 radical (unpaired) electrons. The van der Waals surface area contributed by atoms with Gasteiger partial charge in [0.25, 0.3) is 0 Å². The molecule has 0 amide bonds. The van der Waals surface area contributed by atoms with Crippen LogP contribution in [0.1, 0.15) is 58.3 Å². The summed E-state index contributed by atoms with van der Waals surface area (Å²) in [6, 6.07) is 0. The minimum absolute atomic E-state index is 1.16. The summed E-state index contributed by atoms with van der Waals surface area (Å²) in [6.45, 7) is 2.23. The van der Waals surface area contributed by atoms with Crippen molar-refractivity contribution < 1.29 is 0 Å². The highest BCUT2D eigenvalue weighted by molar-refractivity contribution is 9.09. The Morgan fingerprint density at radius 1 is 0.800 bits per heavy atom. The molecule has 88 valence electrons. The highest BCUT2D eigenvalue weighted by atomic mass is 79.9. The quantitative estimate of drug-likeness (QED) is 0.275. The Hall–Kier alpha value is -0.0400. The average Bonchev–Trinajstić information content (AvgIpc) is 2.26. The van der Waals surface area contributed by atoms with Crippen molar-refractivity contribution in [1.29, 1.82) is 0 Å². The van der Waals surface area contributed by atoms with E-state index < -0.39 is 0 Å². The zero-order chi connectivity index (χ0) is 11.2. The highest BCUT2D eigenvalue weighted by Gasteiger charge is 1.86. The molecule has 0 N–H and O–H groups in total. The second-order valence-electron chi connectivity index (χ2n) is 3.89. The van der Waals surface area contributed by atoms with Crippen LogP contribution in [0.3, 0.4) is 0 Å². The lowest BCUT2D eigenvalue weighted by Crippen LogP contribution is -1.77. The predicted molar refractivity (Wildman–Crippen MR) is 74.7 cm³/mol. The number of rotatable bonds is 10. The molecule has 0 aromatic carbocycles. The van der Waals surface area contributed by atoms with Crippen LogP contribution in [0.15, 0.2) is 24.3 Å². The second kappa shape index (κ2) is 14.0. The highest BCUT2D eigenvalue weighted by Crippen LogP contribution is 2.05. The normalized spacial score (nSPS) is 11.9. The molecule has 0 aliphatic heterocycles. The smallest absolute Gasteiger partial charge is 0.00313 e. The summed E-state index contributed by atoms with van der Waals surface area (Å²) in [5, 5.41) is 1.16. The van der Waals surface area contributed by atoms with Crippen LogP contribution in [-0.4, -0.2) is 5.33 Å². The molecule has 0 aliphatic carbocycles. The van der Waals surface area contributed by atoms with Crippen LogP contribution >= 0.6 is 15.9 Å². The standard InChI is InChI=1S/C14H25Br/c1-2-3-4-5-6-7-8-9-10-11-12-13-14-15/h5-8H,2-4,9-14H2,1H3/b6-5+,8-7+. The van der Waals surface area contributed by atoms with Gasteiger partial charge in [-0.3, -0.25) is 0 Å². The number of hydrogen-bond donors (Lipinski definition) is 0. The van der Waals surface area contributed by atoms with E-state index in [4.69, 9.17) is 0 Å². The summed E-state index contributed by atoms with van der Waals surface area (Å²) in [7, 11) is 0. The summed E-state index contributed by atoms with van der Waals surface area (Å²) in [4.78, 5) is 0. The second-order valence-corrected chi connectivity index (χ2v) is 4.68. The molecule has 0 nitrogen and oxygen atoms in total. The fourth-order valence-electron chi connectivity index (χ4n) is 1.38. The first kappa shape index (κ1) is 15.0. The molecule has 0 fully saturated rings. The third kappa shape index (κ3) is 14.0. The van der Waals surface area contributed by atoms with Gasteiger partial charge in [-0.1, -0.05) is 72.8 Å². The van der Waals surface area contributed by atoms with E-state index in [1.54, 1.807) is 0 Å². The first-order valence-corrected chi connectivity index (χ1v) is 7.41. The predicted octanol–water partition coefficient (Wildman–Crippen LogP) is 5.63. The Morgan fingerprint density at radius 3 is 2.00 bits per heavy atom. The minimum atomic E-state index is 1.16. The van der Waals surface area contributed by atoms with E-state index in [0.717, 1.165) is 5.33 Å². The maximum atomic E-state index is 3.45. The first-order chi connectivity index (χ1) is 7.41. The molecular formula is C14H25Br.